The number of hydrogen-bond acceptors (Lipinski definition) is 0. The fraction of sp³-hybridized carbons (Fsp3) is 0. The smallest absolute Gasteiger partial charge is 0.0622 e. The van der Waals surface area contributed by atoms with Crippen molar-refractivity contribution in [3.05, 3.63) is 181 Å². The van der Waals surface area contributed by atoms with E-state index in [9.17, 15) is 17.8 Å². The molecule has 0 N–H and O–H groups in total. The van der Waals surface area contributed by atoms with Crippen LogP contribution in [0.15, 0.2) is 181 Å². The minimum absolute atomic E-state index is 0.614. The normalized spacial score (nSPS) is 20.6. The average Bonchev–Trinajstić information content (AvgIpc) is 3.40. The van der Waals surface area contributed by atoms with Gasteiger partial charge in [0.2, 0.25) is 0 Å². The Hall–Kier alpha value is -5.98. The van der Waals surface area contributed by atoms with E-state index < -0.39 is 269 Å². The van der Waals surface area contributed by atoms with Gasteiger partial charge in [0, 0.05) is 0 Å². The highest BCUT2D eigenvalue weighted by Crippen LogP contribution is 2.47. The van der Waals surface area contributed by atoms with E-state index in [1.165, 1.54) is 0 Å². The molecule has 0 heterocycles. The van der Waals surface area contributed by atoms with E-state index in [1.54, 1.807) is 0 Å². The molecule has 0 aliphatic rings. The van der Waals surface area contributed by atoms with Crippen LogP contribution in [0.2, 0.25) is 0 Å². The zero-order valence-corrected chi connectivity index (χ0v) is 23.0. The summed E-state index contributed by atoms with van der Waals surface area (Å²) in [6.45, 7) is 0. The Kier molecular flexibility index (Phi) is 2.37. The highest BCUT2D eigenvalue weighted by Gasteiger charge is 2.19. The van der Waals surface area contributed by atoms with Gasteiger partial charge in [-0.3, -0.25) is 0 Å². The fourth-order valence-corrected chi connectivity index (χ4v) is 5.31. The maximum atomic E-state index is 10.1. The molecule has 46 heavy (non-hydrogen) atoms. The van der Waals surface area contributed by atoms with Crippen LogP contribution in [0.5, 0.6) is 0 Å². The molecule has 9 aromatic carbocycles. The molecule has 0 aromatic heterocycles. The molecular weight excluding hydrogens is 553 g/mol. The van der Waals surface area contributed by atoms with Crippen LogP contribution in [-0.2, 0) is 0 Å². The Morgan fingerprint density at radius 2 is 0.761 bits per heavy atom. The molecular formula is C46H30. The van der Waals surface area contributed by atoms with Crippen molar-refractivity contribution in [3.63, 3.8) is 0 Å². The van der Waals surface area contributed by atoms with Crippen molar-refractivity contribution in [2.24, 2.45) is 0 Å². The summed E-state index contributed by atoms with van der Waals surface area (Å²) in [5.74, 6) is 0. The third kappa shape index (κ3) is 4.30. The Morgan fingerprint density at radius 3 is 1.50 bits per heavy atom. The zero-order chi connectivity index (χ0) is 56.6. The number of hydrogen-bond donors (Lipinski definition) is 0. The molecule has 0 radical (unpaired) electrons. The van der Waals surface area contributed by atoms with Gasteiger partial charge in [-0.05, 0) is 99.7 Å². The van der Waals surface area contributed by atoms with E-state index in [2.05, 4.69) is 0 Å². The van der Waals surface area contributed by atoms with Crippen LogP contribution in [0.25, 0.3) is 87.6 Å². The monoisotopic (exact) mass is 612 g/mol. The maximum Gasteiger partial charge on any atom is 0.0636 e. The second-order valence-corrected chi connectivity index (χ2v) is 9.75. The molecule has 0 heteroatoms. The SMILES string of the molecule is [2H]c1c([2H])c([2H])c(-c2c([2H])c([2H])c(-c3c4c([2H])c([2H])c([2H])c([2H])c4c(-c4c([2H])c([2H])c([2H])c([2H])c4[2H])c4c([2H])c(-c5c([2H])c([2H])c6c([2H])c([2H])c([2H])c([2H])c6c5[2H])c([2H])c([2H])c34)c3c([2H])c([2H])c([2H])c([2H])c23)c([2H])c1[2H]. The molecule has 9 aromatic rings. The van der Waals surface area contributed by atoms with E-state index in [4.69, 9.17) is 23.3 Å². The molecule has 0 bridgehead atoms. The average molecular weight is 613 g/mol. The van der Waals surface area contributed by atoms with Crippen LogP contribution >= 0.6 is 0 Å². The molecule has 0 fully saturated rings. The number of fused-ring (bicyclic) bond motifs is 4. The molecule has 0 atom stereocenters. The molecule has 0 aliphatic heterocycles. The van der Waals surface area contributed by atoms with Gasteiger partial charge in [-0.2, -0.15) is 0 Å². The Bertz CT molecular complexity index is 4220. The lowest BCUT2D eigenvalue weighted by molar-refractivity contribution is 1.63. The van der Waals surface area contributed by atoms with Crippen molar-refractivity contribution in [1.82, 2.24) is 0 Å². The Balaban J connectivity index is 1.70. The summed E-state index contributed by atoms with van der Waals surface area (Å²) in [4.78, 5) is 0. The van der Waals surface area contributed by atoms with Gasteiger partial charge in [0.15, 0.2) is 0 Å². The van der Waals surface area contributed by atoms with Gasteiger partial charge < -0.3 is 0 Å². The molecule has 0 saturated carbocycles. The quantitative estimate of drug-likeness (QED) is 0.173. The third-order valence-corrected chi connectivity index (χ3v) is 7.25. The number of rotatable bonds is 4. The van der Waals surface area contributed by atoms with Gasteiger partial charge in [0.05, 0.1) is 41.1 Å². The molecule has 0 spiro atoms. The van der Waals surface area contributed by atoms with Gasteiger partial charge in [-0.15, -0.1) is 0 Å². The van der Waals surface area contributed by atoms with Gasteiger partial charge in [-0.1, -0.05) is 169 Å². The molecule has 214 valence electrons. The van der Waals surface area contributed by atoms with Crippen LogP contribution in [0.3, 0.4) is 0 Å². The largest absolute Gasteiger partial charge is 0.0636 e. The highest BCUT2D eigenvalue weighted by atomic mass is 14.2. The standard InChI is InChI=1S/C46H30/c1-3-14-32(15-4-1)37-27-28-42(39-20-10-9-19-38(37)39)46-41-22-12-11-21-40(41)45(33-16-5-2-6-17-33)44-30-36(25-26-43(44)46)35-24-23-31-13-7-8-18-34(31)29-35/h1-30H/i1D,2D,3D,4D,5D,6D,7D,8D,9D,10D,11D,12D,13D,14D,15D,16D,17D,18D,19D,20D,21D,22D,23D,24D,25D,26D,27D,28D,29D,30D. The van der Waals surface area contributed by atoms with Crippen molar-refractivity contribution in [1.29, 1.82) is 0 Å². The predicted molar refractivity (Wildman–Crippen MR) is 198 cm³/mol. The van der Waals surface area contributed by atoms with Crippen LogP contribution < -0.4 is 0 Å². The Labute approximate surface area is 311 Å². The van der Waals surface area contributed by atoms with E-state index in [-0.39, 0.29) is 0 Å². The van der Waals surface area contributed by atoms with E-state index in [0.29, 0.717) is 0 Å². The fourth-order valence-electron chi connectivity index (χ4n) is 5.31. The molecule has 9 rings (SSSR count). The molecule has 0 amide bonds. The lowest BCUT2D eigenvalue weighted by Crippen LogP contribution is -1.93. The minimum atomic E-state index is -1.17. The summed E-state index contributed by atoms with van der Waals surface area (Å²) in [5, 5.41) is -6.37. The van der Waals surface area contributed by atoms with E-state index >= 15 is 0 Å². The van der Waals surface area contributed by atoms with Crippen LogP contribution in [0.1, 0.15) is 41.1 Å². The topological polar surface area (TPSA) is 0 Å². The molecule has 0 unspecified atom stereocenters. The van der Waals surface area contributed by atoms with Gasteiger partial charge in [0.1, 0.15) is 0 Å². The first kappa shape index (κ1) is 10.0. The maximum absolute atomic E-state index is 10.1. The van der Waals surface area contributed by atoms with E-state index in [0.717, 1.165) is 0 Å². The van der Waals surface area contributed by atoms with Gasteiger partial charge in [0.25, 0.3) is 0 Å². The van der Waals surface area contributed by atoms with Crippen molar-refractivity contribution in [2.75, 3.05) is 0 Å². The van der Waals surface area contributed by atoms with Crippen molar-refractivity contribution >= 4 is 43.1 Å². The van der Waals surface area contributed by atoms with Crippen LogP contribution in [-0.4, -0.2) is 0 Å². The van der Waals surface area contributed by atoms with Gasteiger partial charge in [-0.25, -0.2) is 0 Å². The summed E-state index contributed by atoms with van der Waals surface area (Å²) in [7, 11) is 0. The second-order valence-electron chi connectivity index (χ2n) is 9.75. The Morgan fingerprint density at radius 1 is 0.261 bits per heavy atom. The zero-order valence-electron chi connectivity index (χ0n) is 53.0. The van der Waals surface area contributed by atoms with Crippen molar-refractivity contribution in [3.8, 4) is 44.5 Å². The summed E-state index contributed by atoms with van der Waals surface area (Å²) in [6.07, 6.45) is 0. The highest BCUT2D eigenvalue weighted by molar-refractivity contribution is 6.24. The summed E-state index contributed by atoms with van der Waals surface area (Å²) < 4.78 is 270. The molecule has 0 saturated heterocycles. The van der Waals surface area contributed by atoms with Crippen LogP contribution in [0.4, 0.5) is 0 Å². The first-order chi connectivity index (χ1) is 35.3. The molecule has 0 aliphatic carbocycles. The summed E-state index contributed by atoms with van der Waals surface area (Å²) >= 11 is 0. The van der Waals surface area contributed by atoms with Crippen molar-refractivity contribution in [2.45, 2.75) is 0 Å². The lowest BCUT2D eigenvalue weighted by atomic mass is 9.83. The third-order valence-electron chi connectivity index (χ3n) is 7.25. The van der Waals surface area contributed by atoms with E-state index in [1.807, 2.05) is 0 Å². The molecule has 0 nitrogen and oxygen atoms in total. The van der Waals surface area contributed by atoms with Crippen LogP contribution in [0, 0.1) is 0 Å². The summed E-state index contributed by atoms with van der Waals surface area (Å²) in [5.41, 5.74) is -6.93. The number of benzene rings is 9. The minimum Gasteiger partial charge on any atom is -0.0622 e. The first-order valence-corrected chi connectivity index (χ1v) is 13.5. The second kappa shape index (κ2) is 10.9. The first-order valence-electron chi connectivity index (χ1n) is 28.5. The van der Waals surface area contributed by atoms with Gasteiger partial charge >= 0.3 is 0 Å². The summed E-state index contributed by atoms with van der Waals surface area (Å²) in [6, 6.07) is -30.5. The lowest BCUT2D eigenvalue weighted by Gasteiger charge is -2.20. The van der Waals surface area contributed by atoms with Crippen molar-refractivity contribution < 1.29 is 41.1 Å². The predicted octanol–water partition coefficient (Wildman–Crippen LogP) is 13.0.